The van der Waals surface area contributed by atoms with E-state index in [-0.39, 0.29) is 11.0 Å². The largest absolute Gasteiger partial charge is 0.478 e. The molecule has 0 saturated heterocycles. The fourth-order valence-electron chi connectivity index (χ4n) is 1.85. The molecule has 0 atom stereocenters. The molecule has 0 aliphatic heterocycles. The van der Waals surface area contributed by atoms with Gasteiger partial charge in [0.1, 0.15) is 6.33 Å². The number of hydrogen-bond donors (Lipinski definition) is 1. The molecule has 0 radical (unpaired) electrons. The van der Waals surface area contributed by atoms with Crippen LogP contribution in [0.25, 0.3) is 17.1 Å². The quantitative estimate of drug-likeness (QED) is 0.851. The maximum absolute atomic E-state index is 12.3. The molecule has 0 fully saturated rings. The van der Waals surface area contributed by atoms with Crippen LogP contribution in [0.1, 0.15) is 26.3 Å². The van der Waals surface area contributed by atoms with Gasteiger partial charge in [0.2, 0.25) is 0 Å². The number of fused-ring (bicyclic) bond motifs is 1. The minimum atomic E-state index is -1.11. The summed E-state index contributed by atoms with van der Waals surface area (Å²) in [6.07, 6.45) is 3.42. The van der Waals surface area contributed by atoms with Crippen molar-refractivity contribution < 1.29 is 9.90 Å². The van der Waals surface area contributed by atoms with E-state index in [4.69, 9.17) is 5.11 Å². The van der Waals surface area contributed by atoms with Crippen molar-refractivity contribution in [2.45, 2.75) is 26.2 Å². The van der Waals surface area contributed by atoms with Crippen LogP contribution in [0, 0.1) is 0 Å². The monoisotopic (exact) mass is 272 g/mol. The maximum atomic E-state index is 12.3. The van der Waals surface area contributed by atoms with Gasteiger partial charge in [-0.25, -0.2) is 9.78 Å². The summed E-state index contributed by atoms with van der Waals surface area (Å²) < 4.78 is 1.17. The van der Waals surface area contributed by atoms with Crippen molar-refractivity contribution in [1.29, 1.82) is 0 Å². The van der Waals surface area contributed by atoms with Gasteiger partial charge in [-0.05, 0) is 23.1 Å². The lowest BCUT2D eigenvalue weighted by atomic mass is 9.86. The van der Waals surface area contributed by atoms with Crippen molar-refractivity contribution in [2.24, 2.45) is 0 Å². The Hall–Kier alpha value is -2.43. The number of aliphatic carboxylic acids is 1. The third-order valence-corrected chi connectivity index (χ3v) is 3.03. The minimum Gasteiger partial charge on any atom is -0.478 e. The molecule has 1 N–H and O–H groups in total. The highest BCUT2D eigenvalue weighted by Crippen LogP contribution is 2.23. The first-order valence-corrected chi connectivity index (χ1v) is 6.21. The molecule has 5 heteroatoms. The van der Waals surface area contributed by atoms with Crippen LogP contribution in [0.4, 0.5) is 0 Å². The number of carbonyl (C=O) groups is 1. The SMILES string of the molecule is CC(C)(C)c1ccc2ncn(/C=C/C(=O)O)c(=O)c2c1. The van der Waals surface area contributed by atoms with Crippen molar-refractivity contribution in [2.75, 3.05) is 0 Å². The third kappa shape index (κ3) is 2.77. The molecule has 104 valence electrons. The highest BCUT2D eigenvalue weighted by atomic mass is 16.4. The van der Waals surface area contributed by atoms with Crippen LogP contribution in [0.15, 0.2) is 35.4 Å². The van der Waals surface area contributed by atoms with Gasteiger partial charge in [-0.15, -0.1) is 0 Å². The Morgan fingerprint density at radius 1 is 1.35 bits per heavy atom. The second-order valence-corrected chi connectivity index (χ2v) is 5.59. The lowest BCUT2D eigenvalue weighted by Crippen LogP contribution is -2.18. The molecule has 5 nitrogen and oxygen atoms in total. The van der Waals surface area contributed by atoms with E-state index in [0.29, 0.717) is 10.9 Å². The number of benzene rings is 1. The van der Waals surface area contributed by atoms with Crippen molar-refractivity contribution in [3.8, 4) is 0 Å². The normalized spacial score (nSPS) is 12.2. The summed E-state index contributed by atoms with van der Waals surface area (Å²) in [7, 11) is 0. The van der Waals surface area contributed by atoms with E-state index in [2.05, 4.69) is 25.8 Å². The molecule has 2 rings (SSSR count). The summed E-state index contributed by atoms with van der Waals surface area (Å²) in [5, 5.41) is 9.09. The molecule has 0 aliphatic rings. The van der Waals surface area contributed by atoms with Crippen molar-refractivity contribution >= 4 is 23.1 Å². The molecule has 0 saturated carbocycles. The number of carboxylic acid groups (broad SMARTS) is 1. The van der Waals surface area contributed by atoms with Crippen LogP contribution in [0.3, 0.4) is 0 Å². The summed E-state index contributed by atoms with van der Waals surface area (Å²) in [4.78, 5) is 27.0. The third-order valence-electron chi connectivity index (χ3n) is 3.03. The zero-order chi connectivity index (χ0) is 14.9. The van der Waals surface area contributed by atoms with Gasteiger partial charge >= 0.3 is 5.97 Å². The van der Waals surface area contributed by atoms with Crippen molar-refractivity contribution in [1.82, 2.24) is 9.55 Å². The molecular formula is C15H16N2O3. The molecule has 1 heterocycles. The first kappa shape index (κ1) is 14.0. The zero-order valence-corrected chi connectivity index (χ0v) is 11.6. The summed E-state index contributed by atoms with van der Waals surface area (Å²) in [5.41, 5.74) is 1.28. The lowest BCUT2D eigenvalue weighted by Gasteiger charge is -2.19. The Morgan fingerprint density at radius 3 is 2.65 bits per heavy atom. The summed E-state index contributed by atoms with van der Waals surface area (Å²) >= 11 is 0. The molecular weight excluding hydrogens is 256 g/mol. The van der Waals surface area contributed by atoms with Gasteiger partial charge in [0.25, 0.3) is 5.56 Å². The van der Waals surface area contributed by atoms with Crippen LogP contribution in [0.5, 0.6) is 0 Å². The summed E-state index contributed by atoms with van der Waals surface area (Å²) in [5.74, 6) is -1.11. The van der Waals surface area contributed by atoms with E-state index < -0.39 is 5.97 Å². The number of aromatic nitrogens is 2. The molecule has 0 unspecified atom stereocenters. The van der Waals surface area contributed by atoms with Gasteiger partial charge in [0, 0.05) is 12.3 Å². The lowest BCUT2D eigenvalue weighted by molar-refractivity contribution is -0.131. The van der Waals surface area contributed by atoms with Crippen LogP contribution < -0.4 is 5.56 Å². The van der Waals surface area contributed by atoms with Crippen LogP contribution in [-0.4, -0.2) is 20.6 Å². The van der Waals surface area contributed by atoms with Gasteiger partial charge in [-0.3, -0.25) is 9.36 Å². The smallest absolute Gasteiger partial charge is 0.329 e. The van der Waals surface area contributed by atoms with Crippen molar-refractivity contribution in [3.63, 3.8) is 0 Å². The van der Waals surface area contributed by atoms with Gasteiger partial charge in [0.05, 0.1) is 10.9 Å². The van der Waals surface area contributed by atoms with E-state index in [0.717, 1.165) is 11.6 Å². The number of rotatable bonds is 2. The van der Waals surface area contributed by atoms with Crippen molar-refractivity contribution in [3.05, 3.63) is 46.5 Å². The number of nitrogens with zero attached hydrogens (tertiary/aromatic N) is 2. The van der Waals surface area contributed by atoms with E-state index in [1.54, 1.807) is 0 Å². The van der Waals surface area contributed by atoms with Crippen LogP contribution in [0.2, 0.25) is 0 Å². The Kier molecular flexibility index (Phi) is 3.44. The predicted octanol–water partition coefficient (Wildman–Crippen LogP) is 2.25. The van der Waals surface area contributed by atoms with E-state index in [9.17, 15) is 9.59 Å². The highest BCUT2D eigenvalue weighted by Gasteiger charge is 2.15. The first-order chi connectivity index (χ1) is 9.29. The number of carboxylic acids is 1. The molecule has 0 bridgehead atoms. The Bertz CT molecular complexity index is 752. The first-order valence-electron chi connectivity index (χ1n) is 6.21. The average Bonchev–Trinajstić information content (AvgIpc) is 2.36. The molecule has 20 heavy (non-hydrogen) atoms. The van der Waals surface area contributed by atoms with E-state index >= 15 is 0 Å². The number of hydrogen-bond acceptors (Lipinski definition) is 3. The maximum Gasteiger partial charge on any atom is 0.329 e. The standard InChI is InChI=1S/C15H16N2O3/c1-15(2,3)10-4-5-12-11(8-10)14(20)17(9-16-12)7-6-13(18)19/h4-9H,1-3H3,(H,18,19)/b7-6+. The van der Waals surface area contributed by atoms with Gasteiger partial charge in [0.15, 0.2) is 0 Å². The minimum absolute atomic E-state index is 0.0712. The molecule has 2 aromatic rings. The Morgan fingerprint density at radius 2 is 2.05 bits per heavy atom. The summed E-state index contributed by atoms with van der Waals surface area (Å²) in [6.45, 7) is 6.19. The van der Waals surface area contributed by atoms with E-state index in [1.807, 2.05) is 18.2 Å². The topological polar surface area (TPSA) is 72.2 Å². The molecule has 0 spiro atoms. The molecule has 0 amide bonds. The summed E-state index contributed by atoms with van der Waals surface area (Å²) in [6, 6.07) is 5.57. The van der Waals surface area contributed by atoms with E-state index in [1.165, 1.54) is 17.1 Å². The van der Waals surface area contributed by atoms with Gasteiger partial charge in [-0.1, -0.05) is 26.8 Å². The Balaban J connectivity index is 2.64. The second-order valence-electron chi connectivity index (χ2n) is 5.59. The highest BCUT2D eigenvalue weighted by molar-refractivity contribution is 5.83. The second kappa shape index (κ2) is 4.92. The van der Waals surface area contributed by atoms with Gasteiger partial charge < -0.3 is 5.11 Å². The fraction of sp³-hybridized carbons (Fsp3) is 0.267. The van der Waals surface area contributed by atoms with Crippen LogP contribution >= 0.6 is 0 Å². The average molecular weight is 272 g/mol. The van der Waals surface area contributed by atoms with Gasteiger partial charge in [-0.2, -0.15) is 0 Å². The molecule has 0 aliphatic carbocycles. The predicted molar refractivity (Wildman–Crippen MR) is 77.7 cm³/mol. The fourth-order valence-corrected chi connectivity index (χ4v) is 1.85. The molecule has 1 aromatic carbocycles. The molecule has 1 aromatic heterocycles. The Labute approximate surface area is 116 Å². The zero-order valence-electron chi connectivity index (χ0n) is 11.6. The van der Waals surface area contributed by atoms with Crippen LogP contribution in [-0.2, 0) is 10.2 Å².